The molecule has 4 aliphatic rings. The minimum Gasteiger partial charge on any atom is -0.462 e. The van der Waals surface area contributed by atoms with Crippen LogP contribution in [-0.4, -0.2) is 24.6 Å². The maximum Gasteiger partial charge on any atom is 0.333 e. The molecular weight excluding hydrogens is 256 g/mol. The number of esters is 2. The van der Waals surface area contributed by atoms with E-state index in [9.17, 15) is 9.59 Å². The van der Waals surface area contributed by atoms with E-state index in [1.54, 1.807) is 6.92 Å². The van der Waals surface area contributed by atoms with Crippen LogP contribution >= 0.6 is 0 Å². The first-order valence-corrected chi connectivity index (χ1v) is 7.47. The number of ether oxygens (including phenoxy) is 2. The predicted octanol–water partition coefficient (Wildman–Crippen LogP) is 2.23. The molecule has 4 rings (SSSR count). The van der Waals surface area contributed by atoms with Crippen LogP contribution in [0.5, 0.6) is 0 Å². The molecule has 0 aromatic rings. The third-order valence-corrected chi connectivity index (χ3v) is 6.02. The first kappa shape index (κ1) is 12.4. The van der Waals surface area contributed by atoms with Crippen LogP contribution in [0, 0.1) is 22.7 Å². The van der Waals surface area contributed by atoms with Gasteiger partial charge in [-0.05, 0) is 44.9 Å². The van der Waals surface area contributed by atoms with E-state index in [0.29, 0.717) is 18.1 Å². The Morgan fingerprint density at radius 2 is 2.25 bits per heavy atom. The van der Waals surface area contributed by atoms with Crippen molar-refractivity contribution in [2.24, 2.45) is 22.7 Å². The molecule has 108 valence electrons. The highest BCUT2D eigenvalue weighted by atomic mass is 16.6. The van der Waals surface area contributed by atoms with E-state index in [2.05, 4.69) is 6.58 Å². The number of carbonyl (C=O) groups is 2. The van der Waals surface area contributed by atoms with Crippen molar-refractivity contribution in [1.82, 2.24) is 0 Å². The van der Waals surface area contributed by atoms with E-state index < -0.39 is 0 Å². The second kappa shape index (κ2) is 3.66. The molecule has 4 heteroatoms. The zero-order chi connectivity index (χ0) is 14.1. The summed E-state index contributed by atoms with van der Waals surface area (Å²) < 4.78 is 11.1. The molecule has 0 radical (unpaired) electrons. The number of hydrogen-bond acceptors (Lipinski definition) is 4. The Balaban J connectivity index is 1.57. The normalized spacial score (nSPS) is 47.2. The lowest BCUT2D eigenvalue weighted by Gasteiger charge is -2.37. The summed E-state index contributed by atoms with van der Waals surface area (Å²) in [4.78, 5) is 23.6. The van der Waals surface area contributed by atoms with Gasteiger partial charge in [0.1, 0.15) is 6.10 Å². The van der Waals surface area contributed by atoms with Gasteiger partial charge in [0.05, 0.1) is 12.5 Å². The molecule has 5 atom stereocenters. The first-order chi connectivity index (χ1) is 9.44. The average molecular weight is 276 g/mol. The van der Waals surface area contributed by atoms with Crippen molar-refractivity contribution in [3.05, 3.63) is 12.2 Å². The van der Waals surface area contributed by atoms with E-state index in [-0.39, 0.29) is 34.8 Å². The average Bonchev–Trinajstić information content (AvgIpc) is 2.88. The van der Waals surface area contributed by atoms with Crippen LogP contribution in [-0.2, 0) is 19.1 Å². The molecule has 1 spiro atoms. The van der Waals surface area contributed by atoms with Crippen LogP contribution in [0.4, 0.5) is 0 Å². The van der Waals surface area contributed by atoms with E-state index in [0.717, 1.165) is 32.1 Å². The highest BCUT2D eigenvalue weighted by Crippen LogP contribution is 2.72. The highest BCUT2D eigenvalue weighted by Gasteiger charge is 2.72. The summed E-state index contributed by atoms with van der Waals surface area (Å²) in [6.45, 7) is 5.75. The quantitative estimate of drug-likeness (QED) is 0.586. The van der Waals surface area contributed by atoms with Gasteiger partial charge in [-0.15, -0.1) is 0 Å². The number of fused-ring (bicyclic) bond motifs is 2. The first-order valence-electron chi connectivity index (χ1n) is 7.47. The predicted molar refractivity (Wildman–Crippen MR) is 70.6 cm³/mol. The van der Waals surface area contributed by atoms with E-state index in [1.165, 1.54) is 0 Å². The number of hydrogen-bond donors (Lipinski definition) is 0. The van der Waals surface area contributed by atoms with E-state index in [1.807, 2.05) is 0 Å². The smallest absolute Gasteiger partial charge is 0.333 e. The molecule has 4 fully saturated rings. The van der Waals surface area contributed by atoms with Gasteiger partial charge in [-0.3, -0.25) is 4.79 Å². The maximum atomic E-state index is 12.0. The van der Waals surface area contributed by atoms with Crippen LogP contribution < -0.4 is 0 Å². The lowest BCUT2D eigenvalue weighted by molar-refractivity contribution is -0.147. The fraction of sp³-hybridized carbons (Fsp3) is 0.750. The SMILES string of the molecule is C=C(C)C(=O)OCC12CC3CC4C(=O)OC(C1)C4(C3)C2. The minimum absolute atomic E-state index is 0.0203. The molecular formula is C16H20O4. The van der Waals surface area contributed by atoms with Crippen LogP contribution in [0.1, 0.15) is 39.0 Å². The van der Waals surface area contributed by atoms with Crippen molar-refractivity contribution in [3.63, 3.8) is 0 Å². The van der Waals surface area contributed by atoms with Crippen molar-refractivity contribution >= 4 is 11.9 Å². The molecule has 3 saturated carbocycles. The second-order valence-corrected chi connectivity index (χ2v) is 7.46. The standard InChI is InChI=1S/C16H20O4/c1-9(2)13(17)19-8-15-4-10-3-11-14(18)20-12(6-15)16(11,5-10)7-15/h10-12H,1,3-8H2,2H3. The van der Waals surface area contributed by atoms with Crippen molar-refractivity contribution in [3.8, 4) is 0 Å². The maximum absolute atomic E-state index is 12.0. The van der Waals surface area contributed by atoms with Crippen LogP contribution in [0.15, 0.2) is 12.2 Å². The Hall–Kier alpha value is -1.32. The molecule has 0 N–H and O–H groups in total. The van der Waals surface area contributed by atoms with Gasteiger partial charge in [0.2, 0.25) is 0 Å². The Bertz CT molecular complexity index is 525. The molecule has 20 heavy (non-hydrogen) atoms. The molecule has 0 aromatic carbocycles. The van der Waals surface area contributed by atoms with Crippen LogP contribution in [0.3, 0.4) is 0 Å². The number of carbonyl (C=O) groups excluding carboxylic acids is 2. The van der Waals surface area contributed by atoms with Crippen molar-refractivity contribution in [2.75, 3.05) is 6.61 Å². The summed E-state index contributed by atoms with van der Waals surface area (Å²) in [6, 6.07) is 0. The summed E-state index contributed by atoms with van der Waals surface area (Å²) >= 11 is 0. The van der Waals surface area contributed by atoms with Gasteiger partial charge in [-0.1, -0.05) is 6.58 Å². The minimum atomic E-state index is -0.305. The van der Waals surface area contributed by atoms with Gasteiger partial charge in [0.25, 0.3) is 0 Å². The van der Waals surface area contributed by atoms with Gasteiger partial charge in [-0.2, -0.15) is 0 Å². The lowest BCUT2D eigenvalue weighted by Crippen LogP contribution is -2.34. The third kappa shape index (κ3) is 1.42. The Kier molecular flexibility index (Phi) is 2.27. The highest BCUT2D eigenvalue weighted by molar-refractivity contribution is 5.87. The van der Waals surface area contributed by atoms with Crippen LogP contribution in [0.25, 0.3) is 0 Å². The Morgan fingerprint density at radius 3 is 3.00 bits per heavy atom. The Morgan fingerprint density at radius 1 is 1.45 bits per heavy atom. The third-order valence-electron chi connectivity index (χ3n) is 6.02. The van der Waals surface area contributed by atoms with E-state index >= 15 is 0 Å². The zero-order valence-corrected chi connectivity index (χ0v) is 11.8. The summed E-state index contributed by atoms with van der Waals surface area (Å²) in [5.74, 6) is 0.432. The Labute approximate surface area is 118 Å². The lowest BCUT2D eigenvalue weighted by atomic mass is 9.68. The van der Waals surface area contributed by atoms with Gasteiger partial charge in [-0.25, -0.2) is 4.79 Å². The molecule has 1 aliphatic heterocycles. The monoisotopic (exact) mass is 276 g/mol. The van der Waals surface area contributed by atoms with Crippen molar-refractivity contribution in [1.29, 1.82) is 0 Å². The molecule has 1 heterocycles. The van der Waals surface area contributed by atoms with Crippen molar-refractivity contribution < 1.29 is 19.1 Å². The van der Waals surface area contributed by atoms with Crippen LogP contribution in [0.2, 0.25) is 0 Å². The fourth-order valence-corrected chi connectivity index (χ4v) is 5.51. The molecule has 1 saturated heterocycles. The van der Waals surface area contributed by atoms with E-state index in [4.69, 9.17) is 9.47 Å². The van der Waals surface area contributed by atoms with Gasteiger partial charge >= 0.3 is 11.9 Å². The summed E-state index contributed by atoms with van der Waals surface area (Å²) in [6.07, 6.45) is 5.10. The van der Waals surface area contributed by atoms with Gasteiger partial charge < -0.3 is 9.47 Å². The molecule has 0 aromatic heterocycles. The number of rotatable bonds is 3. The molecule has 4 nitrogen and oxygen atoms in total. The molecule has 0 amide bonds. The summed E-state index contributed by atoms with van der Waals surface area (Å²) in [7, 11) is 0. The second-order valence-electron chi connectivity index (χ2n) is 7.46. The molecule has 3 aliphatic carbocycles. The molecule has 3 bridgehead atoms. The van der Waals surface area contributed by atoms with Crippen molar-refractivity contribution in [2.45, 2.75) is 45.1 Å². The summed E-state index contributed by atoms with van der Waals surface area (Å²) in [5.41, 5.74) is 0.546. The topological polar surface area (TPSA) is 52.6 Å². The fourth-order valence-electron chi connectivity index (χ4n) is 5.51. The van der Waals surface area contributed by atoms with Gasteiger partial charge in [0, 0.05) is 16.4 Å². The molecule has 5 unspecified atom stereocenters. The zero-order valence-electron chi connectivity index (χ0n) is 11.8. The van der Waals surface area contributed by atoms with Gasteiger partial charge in [0.15, 0.2) is 0 Å². The summed E-state index contributed by atoms with van der Waals surface area (Å²) in [5, 5.41) is 0. The largest absolute Gasteiger partial charge is 0.462 e.